The van der Waals surface area contributed by atoms with Crippen LogP contribution in [0, 0.1) is 5.92 Å². The molecule has 2 aliphatic rings. The van der Waals surface area contributed by atoms with E-state index in [0.29, 0.717) is 25.3 Å². The van der Waals surface area contributed by atoms with Gasteiger partial charge in [0.15, 0.2) is 0 Å². The number of amides is 1. The highest BCUT2D eigenvalue weighted by Gasteiger charge is 2.26. The Labute approximate surface area is 116 Å². The van der Waals surface area contributed by atoms with Gasteiger partial charge in [0.25, 0.3) is 0 Å². The predicted molar refractivity (Wildman–Crippen MR) is 75.6 cm³/mol. The van der Waals surface area contributed by atoms with E-state index in [0.717, 1.165) is 12.8 Å². The first kappa shape index (κ1) is 14.8. The van der Waals surface area contributed by atoms with Crippen molar-refractivity contribution < 1.29 is 13.2 Å². The van der Waals surface area contributed by atoms with Crippen molar-refractivity contribution in [3.8, 4) is 0 Å². The van der Waals surface area contributed by atoms with Crippen LogP contribution in [0.2, 0.25) is 0 Å². The largest absolute Gasteiger partial charge is 0.353 e. The van der Waals surface area contributed by atoms with Gasteiger partial charge in [0.2, 0.25) is 5.91 Å². The third-order valence-corrected chi connectivity index (χ3v) is 6.08. The fourth-order valence-corrected chi connectivity index (χ4v) is 4.70. The smallest absolute Gasteiger partial charge is 0.220 e. The van der Waals surface area contributed by atoms with Crippen molar-refractivity contribution in [1.82, 2.24) is 5.32 Å². The lowest BCUT2D eigenvalue weighted by molar-refractivity contribution is -0.122. The van der Waals surface area contributed by atoms with Crippen molar-refractivity contribution in [3.05, 3.63) is 0 Å². The Hall–Kier alpha value is -0.580. The van der Waals surface area contributed by atoms with E-state index in [-0.39, 0.29) is 23.3 Å². The minimum Gasteiger partial charge on any atom is -0.353 e. The molecule has 0 aromatic carbocycles. The van der Waals surface area contributed by atoms with Crippen molar-refractivity contribution >= 4 is 15.7 Å². The molecule has 0 aromatic heterocycles. The van der Waals surface area contributed by atoms with E-state index in [1.54, 1.807) is 0 Å². The van der Waals surface area contributed by atoms with Crippen LogP contribution >= 0.6 is 0 Å². The van der Waals surface area contributed by atoms with E-state index in [1.807, 2.05) is 0 Å². The SMILES string of the molecule is O=C(CC1CCS(=O)(=O)CC1)NC1CCCCCC1. The molecule has 1 saturated carbocycles. The summed E-state index contributed by atoms with van der Waals surface area (Å²) in [5, 5.41) is 3.14. The normalized spacial score (nSPS) is 25.7. The molecule has 2 fully saturated rings. The molecule has 0 aromatic rings. The Balaban J connectivity index is 1.72. The van der Waals surface area contributed by atoms with E-state index >= 15 is 0 Å². The van der Waals surface area contributed by atoms with Gasteiger partial charge in [-0.25, -0.2) is 8.42 Å². The molecule has 1 heterocycles. The zero-order valence-corrected chi connectivity index (χ0v) is 12.4. The fourth-order valence-electron chi connectivity index (χ4n) is 3.12. The van der Waals surface area contributed by atoms with Crippen LogP contribution in [0.4, 0.5) is 0 Å². The van der Waals surface area contributed by atoms with E-state index in [4.69, 9.17) is 0 Å². The maximum absolute atomic E-state index is 12.0. The third-order valence-electron chi connectivity index (χ3n) is 4.37. The summed E-state index contributed by atoms with van der Waals surface area (Å²) in [6, 6.07) is 0.349. The molecule has 0 bridgehead atoms. The van der Waals surface area contributed by atoms with E-state index in [2.05, 4.69) is 5.32 Å². The summed E-state index contributed by atoms with van der Waals surface area (Å²) in [4.78, 5) is 12.0. The highest BCUT2D eigenvalue weighted by atomic mass is 32.2. The summed E-state index contributed by atoms with van der Waals surface area (Å²) in [6.45, 7) is 0. The molecule has 5 heteroatoms. The van der Waals surface area contributed by atoms with Gasteiger partial charge in [-0.2, -0.15) is 0 Å². The molecule has 1 N–H and O–H groups in total. The van der Waals surface area contributed by atoms with Crippen molar-refractivity contribution in [2.45, 2.75) is 63.8 Å². The molecular formula is C14H25NO3S. The molecule has 0 radical (unpaired) electrons. The number of rotatable bonds is 3. The van der Waals surface area contributed by atoms with Crippen molar-refractivity contribution in [2.24, 2.45) is 5.92 Å². The summed E-state index contributed by atoms with van der Waals surface area (Å²) in [7, 11) is -2.82. The first-order valence-corrected chi connectivity index (χ1v) is 9.37. The van der Waals surface area contributed by atoms with Crippen LogP contribution in [0.15, 0.2) is 0 Å². The number of nitrogens with one attached hydrogen (secondary N) is 1. The molecule has 1 aliphatic carbocycles. The number of carbonyl (C=O) groups excluding carboxylic acids is 1. The molecule has 0 unspecified atom stereocenters. The Kier molecular flexibility index (Phi) is 5.25. The van der Waals surface area contributed by atoms with Crippen LogP contribution in [-0.2, 0) is 14.6 Å². The number of hydrogen-bond acceptors (Lipinski definition) is 3. The number of hydrogen-bond donors (Lipinski definition) is 1. The lowest BCUT2D eigenvalue weighted by atomic mass is 9.98. The van der Waals surface area contributed by atoms with Gasteiger partial charge >= 0.3 is 0 Å². The van der Waals surface area contributed by atoms with Gasteiger partial charge in [-0.15, -0.1) is 0 Å². The second-order valence-electron chi connectivity index (χ2n) is 6.06. The van der Waals surface area contributed by atoms with Gasteiger partial charge in [-0.05, 0) is 31.6 Å². The van der Waals surface area contributed by atoms with Crippen molar-refractivity contribution in [1.29, 1.82) is 0 Å². The van der Waals surface area contributed by atoms with E-state index in [1.165, 1.54) is 25.7 Å². The first-order chi connectivity index (χ1) is 9.05. The summed E-state index contributed by atoms with van der Waals surface area (Å²) in [5.74, 6) is 0.897. The lowest BCUT2D eigenvalue weighted by Crippen LogP contribution is -2.36. The first-order valence-electron chi connectivity index (χ1n) is 7.55. The Morgan fingerprint density at radius 2 is 1.53 bits per heavy atom. The molecule has 110 valence electrons. The van der Waals surface area contributed by atoms with Crippen LogP contribution in [0.5, 0.6) is 0 Å². The summed E-state index contributed by atoms with van der Waals surface area (Å²) >= 11 is 0. The van der Waals surface area contributed by atoms with Gasteiger partial charge in [-0.1, -0.05) is 25.7 Å². The molecule has 1 aliphatic heterocycles. The van der Waals surface area contributed by atoms with Crippen molar-refractivity contribution in [3.63, 3.8) is 0 Å². The molecule has 2 rings (SSSR count). The average molecular weight is 287 g/mol. The van der Waals surface area contributed by atoms with Gasteiger partial charge in [0, 0.05) is 12.5 Å². The van der Waals surface area contributed by atoms with Crippen LogP contribution in [0.3, 0.4) is 0 Å². The minimum absolute atomic E-state index is 0.121. The highest BCUT2D eigenvalue weighted by Crippen LogP contribution is 2.22. The molecule has 0 spiro atoms. The van der Waals surface area contributed by atoms with Crippen LogP contribution in [0.25, 0.3) is 0 Å². The van der Waals surface area contributed by atoms with E-state index in [9.17, 15) is 13.2 Å². The third kappa shape index (κ3) is 5.13. The van der Waals surface area contributed by atoms with Gasteiger partial charge in [0.05, 0.1) is 11.5 Å². The average Bonchev–Trinajstić information content (AvgIpc) is 2.60. The Bertz CT molecular complexity index is 383. The monoisotopic (exact) mass is 287 g/mol. The van der Waals surface area contributed by atoms with Gasteiger partial charge in [0.1, 0.15) is 9.84 Å². The minimum atomic E-state index is -2.82. The van der Waals surface area contributed by atoms with Crippen molar-refractivity contribution in [2.75, 3.05) is 11.5 Å². The maximum Gasteiger partial charge on any atom is 0.220 e. The quantitative estimate of drug-likeness (QED) is 0.808. The molecule has 4 nitrogen and oxygen atoms in total. The summed E-state index contributed by atoms with van der Waals surface area (Å²) < 4.78 is 22.7. The second kappa shape index (κ2) is 6.73. The maximum atomic E-state index is 12.0. The topological polar surface area (TPSA) is 63.2 Å². The van der Waals surface area contributed by atoms with Crippen LogP contribution in [0.1, 0.15) is 57.8 Å². The van der Waals surface area contributed by atoms with E-state index < -0.39 is 9.84 Å². The Morgan fingerprint density at radius 3 is 2.11 bits per heavy atom. The molecule has 0 atom stereocenters. The zero-order chi connectivity index (χ0) is 13.7. The van der Waals surface area contributed by atoms with Gasteiger partial charge < -0.3 is 5.32 Å². The zero-order valence-electron chi connectivity index (χ0n) is 11.6. The number of sulfone groups is 1. The number of carbonyl (C=O) groups is 1. The summed E-state index contributed by atoms with van der Waals surface area (Å²) in [6.07, 6.45) is 9.02. The van der Waals surface area contributed by atoms with Crippen LogP contribution in [-0.4, -0.2) is 31.9 Å². The lowest BCUT2D eigenvalue weighted by Gasteiger charge is -2.23. The highest BCUT2D eigenvalue weighted by molar-refractivity contribution is 7.91. The predicted octanol–water partition coefficient (Wildman–Crippen LogP) is 2.04. The molecule has 19 heavy (non-hydrogen) atoms. The molecule has 1 amide bonds. The molecular weight excluding hydrogens is 262 g/mol. The fraction of sp³-hybridized carbons (Fsp3) is 0.929. The Morgan fingerprint density at radius 1 is 0.947 bits per heavy atom. The second-order valence-corrected chi connectivity index (χ2v) is 8.36. The summed E-state index contributed by atoms with van der Waals surface area (Å²) in [5.41, 5.74) is 0. The van der Waals surface area contributed by atoms with Crippen LogP contribution < -0.4 is 5.32 Å². The standard InChI is InChI=1S/C14H25NO3S/c16-14(15-13-5-3-1-2-4-6-13)11-12-7-9-19(17,18)10-8-12/h12-13H,1-11H2,(H,15,16). The molecule has 1 saturated heterocycles. The van der Waals surface area contributed by atoms with Gasteiger partial charge in [-0.3, -0.25) is 4.79 Å².